The molecular weight excluding hydrogens is 426 g/mol. The second-order valence-electron chi connectivity index (χ2n) is 6.27. The van der Waals surface area contributed by atoms with Crippen LogP contribution in [0.2, 0.25) is 0 Å². The number of halogens is 2. The predicted octanol–water partition coefficient (Wildman–Crippen LogP) is 0.300. The number of hydrogen-bond donors (Lipinski definition) is 0. The Morgan fingerprint density at radius 3 is 2.40 bits per heavy atom. The third-order valence-corrected chi connectivity index (χ3v) is 6.43. The molecule has 0 spiro atoms. The fourth-order valence-corrected chi connectivity index (χ4v) is 4.76. The third-order valence-electron chi connectivity index (χ3n) is 4.75. The molecule has 1 unspecified atom stereocenters. The number of fused-ring (bicyclic) bond motifs is 2. The van der Waals surface area contributed by atoms with Crippen LogP contribution in [0.4, 0.5) is 0 Å². The zero-order valence-corrected chi connectivity index (χ0v) is 18.1. The van der Waals surface area contributed by atoms with Gasteiger partial charge in [-0.2, -0.15) is 0 Å². The maximum Gasteiger partial charge on any atom is -1.00 e. The molecule has 3 aromatic rings. The molecule has 1 aliphatic rings. The van der Waals surface area contributed by atoms with Crippen molar-refractivity contribution in [3.05, 3.63) is 77.4 Å². The minimum atomic E-state index is 0. The van der Waals surface area contributed by atoms with Crippen LogP contribution in [0, 0.1) is 0 Å². The van der Waals surface area contributed by atoms with Crippen LogP contribution in [0.5, 0.6) is 0 Å². The van der Waals surface area contributed by atoms with Gasteiger partial charge in [0.2, 0.25) is 0 Å². The predicted molar refractivity (Wildman–Crippen MR) is 95.0 cm³/mol. The zero-order chi connectivity index (χ0) is 15.8. The molecule has 3 aromatic carbocycles. The van der Waals surface area contributed by atoms with Gasteiger partial charge in [-0.3, -0.25) is 0 Å². The van der Waals surface area contributed by atoms with E-state index in [0.717, 1.165) is 0 Å². The Hall–Kier alpha value is -0.877. The van der Waals surface area contributed by atoms with Gasteiger partial charge in [-0.1, -0.05) is 0 Å². The second kappa shape index (κ2) is 8.67. The van der Waals surface area contributed by atoms with Crippen molar-refractivity contribution in [2.45, 2.75) is 23.4 Å². The summed E-state index contributed by atoms with van der Waals surface area (Å²) in [5, 5.41) is 2.63. The summed E-state index contributed by atoms with van der Waals surface area (Å²) in [7, 11) is 0. The third kappa shape index (κ3) is 3.80. The standard InChI is InChI=1S/C22H19.2ClH.Zr/c1-2-6-16-13-19-9-5-10-21(22(19)14-16)20-12-11-17-7-3-4-8-18(17)15-20;;;/h3-5,7-15H,2,6H2,1H3;2*1H;/q;;;+2/p-2. The van der Waals surface area contributed by atoms with Crippen molar-refractivity contribution in [2.75, 3.05) is 0 Å². The van der Waals surface area contributed by atoms with Crippen molar-refractivity contribution >= 4 is 16.8 Å². The van der Waals surface area contributed by atoms with Crippen LogP contribution < -0.4 is 24.8 Å². The summed E-state index contributed by atoms with van der Waals surface area (Å²) >= 11 is 1.61. The topological polar surface area (TPSA) is 0 Å². The van der Waals surface area contributed by atoms with Gasteiger partial charge in [0.1, 0.15) is 0 Å². The molecular formula is C22H19Cl2Zr. The van der Waals surface area contributed by atoms with Gasteiger partial charge in [0.05, 0.1) is 0 Å². The minimum Gasteiger partial charge on any atom is -1.00 e. The van der Waals surface area contributed by atoms with Gasteiger partial charge >= 0.3 is 153 Å². The molecule has 0 aromatic heterocycles. The van der Waals surface area contributed by atoms with E-state index < -0.39 is 0 Å². The molecule has 0 bridgehead atoms. The van der Waals surface area contributed by atoms with Gasteiger partial charge in [-0.05, 0) is 0 Å². The first-order valence-electron chi connectivity index (χ1n) is 8.31. The van der Waals surface area contributed by atoms with Crippen molar-refractivity contribution in [2.24, 2.45) is 0 Å². The number of allylic oxidation sites excluding steroid dienone is 1. The van der Waals surface area contributed by atoms with E-state index in [1.807, 2.05) is 0 Å². The fourth-order valence-electron chi connectivity index (χ4n) is 3.58. The summed E-state index contributed by atoms with van der Waals surface area (Å²) in [6, 6.07) is 22.3. The van der Waals surface area contributed by atoms with Crippen LogP contribution in [0.1, 0.15) is 34.5 Å². The Morgan fingerprint density at radius 2 is 1.64 bits per heavy atom. The normalized spacial score (nSPS) is 15.2. The Labute approximate surface area is 177 Å². The van der Waals surface area contributed by atoms with Crippen molar-refractivity contribution < 1.29 is 49.5 Å². The van der Waals surface area contributed by atoms with E-state index in [4.69, 9.17) is 0 Å². The van der Waals surface area contributed by atoms with Gasteiger partial charge in [0.25, 0.3) is 0 Å². The first-order chi connectivity index (χ1) is 11.3. The van der Waals surface area contributed by atoms with Crippen molar-refractivity contribution in [3.63, 3.8) is 0 Å². The van der Waals surface area contributed by atoms with E-state index in [-0.39, 0.29) is 24.8 Å². The molecule has 0 heterocycles. The second-order valence-corrected chi connectivity index (χ2v) is 7.69. The summed E-state index contributed by atoms with van der Waals surface area (Å²) in [4.78, 5) is 0. The summed E-state index contributed by atoms with van der Waals surface area (Å²) in [5.74, 6) is 0. The van der Waals surface area contributed by atoms with E-state index in [0.29, 0.717) is 3.63 Å². The molecule has 0 N–H and O–H groups in total. The van der Waals surface area contributed by atoms with E-state index in [1.165, 1.54) is 45.9 Å². The molecule has 25 heavy (non-hydrogen) atoms. The monoisotopic (exact) mass is 443 g/mol. The van der Waals surface area contributed by atoms with Crippen LogP contribution >= 0.6 is 0 Å². The van der Waals surface area contributed by atoms with Crippen LogP contribution in [0.15, 0.2) is 66.2 Å². The quantitative estimate of drug-likeness (QED) is 0.544. The first-order valence-corrected chi connectivity index (χ1v) is 9.73. The zero-order valence-electron chi connectivity index (χ0n) is 14.1. The number of rotatable bonds is 3. The van der Waals surface area contributed by atoms with E-state index in [2.05, 4.69) is 73.7 Å². The average Bonchev–Trinajstić information content (AvgIpc) is 2.91. The maximum atomic E-state index is 2.46. The van der Waals surface area contributed by atoms with Crippen molar-refractivity contribution in [3.8, 4) is 11.1 Å². The molecule has 0 fully saturated rings. The van der Waals surface area contributed by atoms with Crippen LogP contribution in [-0.2, 0) is 24.7 Å². The molecule has 1 atom stereocenters. The molecule has 125 valence electrons. The Bertz CT molecular complexity index is 915. The van der Waals surface area contributed by atoms with Gasteiger partial charge < -0.3 is 24.8 Å². The molecule has 1 aliphatic carbocycles. The fraction of sp³-hybridized carbons (Fsp3) is 0.182. The SMILES string of the molecule is CCCC1=Cc2c(-c3ccc4ccccc4c3)cccc2[CH]1[Zr+2].[Cl-].[Cl-]. The summed E-state index contributed by atoms with van der Waals surface area (Å²) in [6.07, 6.45) is 4.92. The molecule has 0 radical (unpaired) electrons. The Morgan fingerprint density at radius 1 is 0.880 bits per heavy atom. The first kappa shape index (κ1) is 20.4. The maximum absolute atomic E-state index is 2.46. The molecule has 4 rings (SSSR count). The molecule has 0 saturated heterocycles. The minimum absolute atomic E-state index is 0. The number of benzene rings is 3. The van der Waals surface area contributed by atoms with Gasteiger partial charge in [0.15, 0.2) is 0 Å². The molecule has 0 amide bonds. The van der Waals surface area contributed by atoms with Crippen molar-refractivity contribution in [1.82, 2.24) is 0 Å². The largest absolute Gasteiger partial charge is 1.00 e. The Balaban J connectivity index is 0.00000113. The molecule has 0 nitrogen and oxygen atoms in total. The van der Waals surface area contributed by atoms with Crippen LogP contribution in [-0.4, -0.2) is 0 Å². The smallest absolute Gasteiger partial charge is 1.00 e. The summed E-state index contributed by atoms with van der Waals surface area (Å²) < 4.78 is 0.651. The molecule has 0 aliphatic heterocycles. The van der Waals surface area contributed by atoms with Crippen LogP contribution in [0.25, 0.3) is 28.0 Å². The van der Waals surface area contributed by atoms with E-state index in [1.54, 1.807) is 30.3 Å². The summed E-state index contributed by atoms with van der Waals surface area (Å²) in [6.45, 7) is 2.27. The van der Waals surface area contributed by atoms with Gasteiger partial charge in [0, 0.05) is 0 Å². The van der Waals surface area contributed by atoms with Gasteiger partial charge in [-0.15, -0.1) is 0 Å². The van der Waals surface area contributed by atoms with Crippen LogP contribution in [0.3, 0.4) is 0 Å². The van der Waals surface area contributed by atoms with Crippen molar-refractivity contribution in [1.29, 1.82) is 0 Å². The molecule has 0 saturated carbocycles. The van der Waals surface area contributed by atoms with Gasteiger partial charge in [-0.25, -0.2) is 0 Å². The Kier molecular flexibility index (Phi) is 7.09. The number of hydrogen-bond acceptors (Lipinski definition) is 0. The average molecular weight is 446 g/mol. The summed E-state index contributed by atoms with van der Waals surface area (Å²) in [5.41, 5.74) is 7.31. The molecule has 3 heteroatoms. The van der Waals surface area contributed by atoms with E-state index >= 15 is 0 Å². The van der Waals surface area contributed by atoms with E-state index in [9.17, 15) is 0 Å².